The summed E-state index contributed by atoms with van der Waals surface area (Å²) in [6, 6.07) is 24.4. The van der Waals surface area contributed by atoms with E-state index in [1.165, 1.54) is 7.05 Å². The molecule has 6 nitrogen and oxygen atoms in total. The summed E-state index contributed by atoms with van der Waals surface area (Å²) in [4.78, 5) is 37.8. The van der Waals surface area contributed by atoms with Crippen LogP contribution in [-0.4, -0.2) is 36.2 Å². The lowest BCUT2D eigenvalue weighted by Crippen LogP contribution is -2.32. The van der Waals surface area contributed by atoms with Crippen LogP contribution < -0.4 is 10.6 Å². The average Bonchev–Trinajstić information content (AvgIpc) is 2.99. The Bertz CT molecular complexity index is 1060. The van der Waals surface area contributed by atoms with E-state index in [9.17, 15) is 14.4 Å². The van der Waals surface area contributed by atoms with Crippen LogP contribution in [0.2, 0.25) is 0 Å². The molecule has 1 aliphatic heterocycles. The summed E-state index contributed by atoms with van der Waals surface area (Å²) in [6.07, 6.45) is 0. The molecule has 6 heteroatoms. The molecule has 0 aliphatic carbocycles. The first-order valence-corrected chi connectivity index (χ1v) is 9.64. The van der Waals surface area contributed by atoms with Gasteiger partial charge in [-0.1, -0.05) is 60.7 Å². The molecular formula is C24H21N3O3. The minimum absolute atomic E-state index is 0.0817. The molecule has 150 valence electrons. The van der Waals surface area contributed by atoms with Crippen LogP contribution in [0.5, 0.6) is 0 Å². The zero-order chi connectivity index (χ0) is 21.1. The highest BCUT2D eigenvalue weighted by molar-refractivity contribution is 6.21. The summed E-state index contributed by atoms with van der Waals surface area (Å²) in [5, 5.41) is 6.10. The maximum Gasteiger partial charge on any atom is 0.261 e. The van der Waals surface area contributed by atoms with Gasteiger partial charge in [0.1, 0.15) is 0 Å². The maximum atomic E-state index is 12.6. The second-order valence-corrected chi connectivity index (χ2v) is 7.11. The van der Waals surface area contributed by atoms with Crippen molar-refractivity contribution in [2.45, 2.75) is 6.04 Å². The second-order valence-electron chi connectivity index (χ2n) is 7.11. The van der Waals surface area contributed by atoms with Crippen LogP contribution in [0.1, 0.15) is 37.9 Å². The van der Waals surface area contributed by atoms with Gasteiger partial charge in [-0.3, -0.25) is 24.6 Å². The summed E-state index contributed by atoms with van der Waals surface area (Å²) in [7, 11) is 1.44. The van der Waals surface area contributed by atoms with E-state index in [0.717, 1.165) is 16.0 Å². The lowest BCUT2D eigenvalue weighted by molar-refractivity contribution is -0.115. The van der Waals surface area contributed by atoms with E-state index < -0.39 is 0 Å². The molecule has 0 saturated heterocycles. The van der Waals surface area contributed by atoms with Gasteiger partial charge in [0.15, 0.2) is 0 Å². The molecule has 0 aromatic heterocycles. The molecule has 3 aromatic carbocycles. The molecule has 0 fully saturated rings. The fourth-order valence-corrected chi connectivity index (χ4v) is 3.56. The number of amides is 3. The second kappa shape index (κ2) is 8.31. The summed E-state index contributed by atoms with van der Waals surface area (Å²) >= 11 is 0. The number of carbonyl (C=O) groups excluding carboxylic acids is 3. The standard InChI is InChI=1S/C24H21N3O3/c1-27-23(29)19-13-12-18(14-20(19)24(27)30)26-21(28)15-25-22(16-8-4-2-5-9-16)17-10-6-3-7-11-17/h2-14,22,25H,15H2,1H3,(H,26,28). The lowest BCUT2D eigenvalue weighted by atomic mass is 9.99. The van der Waals surface area contributed by atoms with Crippen LogP contribution in [-0.2, 0) is 4.79 Å². The van der Waals surface area contributed by atoms with Crippen LogP contribution >= 0.6 is 0 Å². The zero-order valence-corrected chi connectivity index (χ0v) is 16.5. The van der Waals surface area contributed by atoms with Gasteiger partial charge in [0.25, 0.3) is 11.8 Å². The number of anilines is 1. The van der Waals surface area contributed by atoms with E-state index in [1.807, 2.05) is 60.7 Å². The molecule has 3 aromatic rings. The van der Waals surface area contributed by atoms with Crippen molar-refractivity contribution in [1.29, 1.82) is 0 Å². The first kappa shape index (κ1) is 19.5. The van der Waals surface area contributed by atoms with Crippen LogP contribution in [0, 0.1) is 0 Å². The third-order valence-corrected chi connectivity index (χ3v) is 5.11. The minimum Gasteiger partial charge on any atom is -0.325 e. The van der Waals surface area contributed by atoms with Gasteiger partial charge in [0.2, 0.25) is 5.91 Å². The van der Waals surface area contributed by atoms with Crippen molar-refractivity contribution in [3.05, 3.63) is 101 Å². The molecule has 1 heterocycles. The molecule has 0 bridgehead atoms. The predicted molar refractivity (Wildman–Crippen MR) is 114 cm³/mol. The molecule has 0 atom stereocenters. The highest BCUT2D eigenvalue weighted by Crippen LogP contribution is 2.25. The SMILES string of the molecule is CN1C(=O)c2ccc(NC(=O)CNC(c3ccccc3)c3ccccc3)cc2C1=O. The van der Waals surface area contributed by atoms with Gasteiger partial charge in [-0.05, 0) is 29.3 Å². The Kier molecular flexibility index (Phi) is 5.41. The Morgan fingerprint density at radius 2 is 1.40 bits per heavy atom. The quantitative estimate of drug-likeness (QED) is 0.624. The molecular weight excluding hydrogens is 378 g/mol. The van der Waals surface area contributed by atoms with Gasteiger partial charge in [0, 0.05) is 12.7 Å². The van der Waals surface area contributed by atoms with Gasteiger partial charge in [-0.25, -0.2) is 0 Å². The van der Waals surface area contributed by atoms with Crippen LogP contribution in [0.4, 0.5) is 5.69 Å². The fourth-order valence-electron chi connectivity index (χ4n) is 3.56. The van der Waals surface area contributed by atoms with Crippen molar-refractivity contribution in [1.82, 2.24) is 10.2 Å². The Morgan fingerprint density at radius 3 is 2.00 bits per heavy atom. The monoisotopic (exact) mass is 399 g/mol. The highest BCUT2D eigenvalue weighted by atomic mass is 16.2. The number of hydrogen-bond acceptors (Lipinski definition) is 4. The van der Waals surface area contributed by atoms with Gasteiger partial charge >= 0.3 is 0 Å². The van der Waals surface area contributed by atoms with E-state index >= 15 is 0 Å². The van der Waals surface area contributed by atoms with Gasteiger partial charge < -0.3 is 5.32 Å². The Hall–Kier alpha value is -3.77. The molecule has 1 aliphatic rings. The van der Waals surface area contributed by atoms with E-state index in [0.29, 0.717) is 16.8 Å². The average molecular weight is 399 g/mol. The number of hydrogen-bond donors (Lipinski definition) is 2. The van der Waals surface area contributed by atoms with E-state index in [1.54, 1.807) is 18.2 Å². The molecule has 30 heavy (non-hydrogen) atoms. The number of rotatable bonds is 6. The maximum absolute atomic E-state index is 12.6. The number of nitrogens with one attached hydrogen (secondary N) is 2. The number of fused-ring (bicyclic) bond motifs is 1. The Labute approximate surface area is 174 Å². The number of imide groups is 1. The van der Waals surface area contributed by atoms with E-state index in [2.05, 4.69) is 10.6 Å². The first-order valence-electron chi connectivity index (χ1n) is 9.64. The molecule has 2 N–H and O–H groups in total. The van der Waals surface area contributed by atoms with Crippen molar-refractivity contribution in [3.8, 4) is 0 Å². The largest absolute Gasteiger partial charge is 0.325 e. The normalized spacial score (nSPS) is 12.9. The molecule has 0 spiro atoms. The topological polar surface area (TPSA) is 78.5 Å². The van der Waals surface area contributed by atoms with E-state index in [-0.39, 0.29) is 30.3 Å². The van der Waals surface area contributed by atoms with Crippen molar-refractivity contribution in [2.24, 2.45) is 0 Å². The van der Waals surface area contributed by atoms with Gasteiger partial charge in [-0.2, -0.15) is 0 Å². The zero-order valence-electron chi connectivity index (χ0n) is 16.5. The van der Waals surface area contributed by atoms with Crippen LogP contribution in [0.15, 0.2) is 78.9 Å². The minimum atomic E-state index is -0.363. The smallest absolute Gasteiger partial charge is 0.261 e. The Morgan fingerprint density at radius 1 is 0.833 bits per heavy atom. The van der Waals surface area contributed by atoms with Crippen molar-refractivity contribution in [3.63, 3.8) is 0 Å². The lowest BCUT2D eigenvalue weighted by Gasteiger charge is -2.19. The summed E-state index contributed by atoms with van der Waals surface area (Å²) in [5.41, 5.74) is 3.25. The summed E-state index contributed by atoms with van der Waals surface area (Å²) < 4.78 is 0. The van der Waals surface area contributed by atoms with E-state index in [4.69, 9.17) is 0 Å². The van der Waals surface area contributed by atoms with Gasteiger partial charge in [0.05, 0.1) is 23.7 Å². The number of carbonyl (C=O) groups is 3. The van der Waals surface area contributed by atoms with Crippen molar-refractivity contribution < 1.29 is 14.4 Å². The van der Waals surface area contributed by atoms with Crippen molar-refractivity contribution >= 4 is 23.4 Å². The third kappa shape index (κ3) is 3.86. The fraction of sp³-hybridized carbons (Fsp3) is 0.125. The summed E-state index contributed by atoms with van der Waals surface area (Å²) in [5.74, 6) is -0.933. The van der Waals surface area contributed by atoms with Crippen molar-refractivity contribution in [2.75, 3.05) is 18.9 Å². The molecule has 0 radical (unpaired) electrons. The van der Waals surface area contributed by atoms with Crippen LogP contribution in [0.3, 0.4) is 0 Å². The molecule has 0 saturated carbocycles. The molecule has 4 rings (SSSR count). The molecule has 0 unspecified atom stereocenters. The third-order valence-electron chi connectivity index (χ3n) is 5.11. The number of benzene rings is 3. The first-order chi connectivity index (χ1) is 14.5. The Balaban J connectivity index is 1.46. The number of nitrogens with zero attached hydrogens (tertiary/aromatic N) is 1. The predicted octanol–water partition coefficient (Wildman–Crippen LogP) is 3.23. The summed E-state index contributed by atoms with van der Waals surface area (Å²) in [6.45, 7) is 0.0817. The van der Waals surface area contributed by atoms with Crippen LogP contribution in [0.25, 0.3) is 0 Å². The molecule has 3 amide bonds. The highest BCUT2D eigenvalue weighted by Gasteiger charge is 2.32. The van der Waals surface area contributed by atoms with Gasteiger partial charge in [-0.15, -0.1) is 0 Å².